The molecule has 16 heavy (non-hydrogen) atoms. The number of carbonyl (C=O) groups is 1. The minimum absolute atomic E-state index is 0.213. The Balaban J connectivity index is 2.35. The second-order valence-electron chi connectivity index (χ2n) is 5.11. The molecule has 1 rings (SSSR count). The summed E-state index contributed by atoms with van der Waals surface area (Å²) >= 11 is 0. The molecule has 1 fully saturated rings. The van der Waals surface area contributed by atoms with Crippen molar-refractivity contribution in [2.75, 3.05) is 19.6 Å². The first-order chi connectivity index (χ1) is 7.42. The maximum absolute atomic E-state index is 11.7. The molecule has 0 aromatic rings. The fourth-order valence-corrected chi connectivity index (χ4v) is 1.67. The molecule has 0 bridgehead atoms. The van der Waals surface area contributed by atoms with Crippen LogP contribution in [0.25, 0.3) is 0 Å². The number of carbonyl (C=O) groups excluding carboxylic acids is 1. The molecule has 0 spiro atoms. The number of amides is 1. The lowest BCUT2D eigenvalue weighted by molar-refractivity contribution is 0.0291. The second-order valence-corrected chi connectivity index (χ2v) is 5.11. The zero-order chi connectivity index (χ0) is 12.2. The quantitative estimate of drug-likeness (QED) is 0.746. The lowest BCUT2D eigenvalue weighted by Crippen LogP contribution is -2.38. The van der Waals surface area contributed by atoms with E-state index in [2.05, 4.69) is 11.9 Å². The average molecular weight is 226 g/mol. The van der Waals surface area contributed by atoms with Crippen molar-refractivity contribution in [1.82, 2.24) is 10.2 Å². The first kappa shape index (κ1) is 13.0. The summed E-state index contributed by atoms with van der Waals surface area (Å²) < 4.78 is 5.31. The topological polar surface area (TPSA) is 41.6 Å². The van der Waals surface area contributed by atoms with Crippen molar-refractivity contribution in [3.63, 3.8) is 0 Å². The van der Waals surface area contributed by atoms with Crippen LogP contribution in [0.15, 0.2) is 12.7 Å². The van der Waals surface area contributed by atoms with Gasteiger partial charge < -0.3 is 15.0 Å². The fourth-order valence-electron chi connectivity index (χ4n) is 1.67. The molecule has 1 heterocycles. The van der Waals surface area contributed by atoms with Crippen molar-refractivity contribution in [3.8, 4) is 0 Å². The van der Waals surface area contributed by atoms with Crippen molar-refractivity contribution in [3.05, 3.63) is 12.7 Å². The van der Waals surface area contributed by atoms with Crippen LogP contribution in [-0.4, -0.2) is 42.3 Å². The Labute approximate surface area is 97.6 Å². The molecule has 1 aliphatic heterocycles. The van der Waals surface area contributed by atoms with Crippen LogP contribution in [0.1, 0.15) is 27.2 Å². The second kappa shape index (κ2) is 5.34. The van der Waals surface area contributed by atoms with Gasteiger partial charge in [0.05, 0.1) is 0 Å². The molecule has 4 heteroatoms. The number of hydrogen-bond donors (Lipinski definition) is 1. The molecule has 1 saturated heterocycles. The summed E-state index contributed by atoms with van der Waals surface area (Å²) in [6, 6.07) is 0.366. The normalized spacial score (nSPS) is 20.9. The summed E-state index contributed by atoms with van der Waals surface area (Å²) in [5.41, 5.74) is -0.413. The van der Waals surface area contributed by atoms with Crippen molar-refractivity contribution in [2.45, 2.75) is 38.8 Å². The summed E-state index contributed by atoms with van der Waals surface area (Å²) in [6.45, 7) is 11.6. The van der Waals surface area contributed by atoms with E-state index in [-0.39, 0.29) is 6.09 Å². The minimum Gasteiger partial charge on any atom is -0.444 e. The van der Waals surface area contributed by atoms with Gasteiger partial charge >= 0.3 is 6.09 Å². The van der Waals surface area contributed by atoms with Crippen LogP contribution < -0.4 is 5.32 Å². The Bertz CT molecular complexity index is 258. The highest BCUT2D eigenvalue weighted by Gasteiger charge is 2.29. The largest absolute Gasteiger partial charge is 0.444 e. The van der Waals surface area contributed by atoms with Crippen molar-refractivity contribution >= 4 is 6.09 Å². The summed E-state index contributed by atoms with van der Waals surface area (Å²) in [4.78, 5) is 13.5. The third-order valence-electron chi connectivity index (χ3n) is 2.39. The Morgan fingerprint density at radius 1 is 1.62 bits per heavy atom. The molecule has 1 N–H and O–H groups in total. The van der Waals surface area contributed by atoms with E-state index in [0.717, 1.165) is 26.1 Å². The van der Waals surface area contributed by atoms with Crippen LogP contribution >= 0.6 is 0 Å². The number of nitrogens with one attached hydrogen (secondary N) is 1. The lowest BCUT2D eigenvalue weighted by atomic mass is 10.2. The highest BCUT2D eigenvalue weighted by atomic mass is 16.6. The van der Waals surface area contributed by atoms with Gasteiger partial charge in [0.25, 0.3) is 0 Å². The van der Waals surface area contributed by atoms with Crippen LogP contribution in [-0.2, 0) is 4.74 Å². The number of nitrogens with zero attached hydrogens (tertiary/aromatic N) is 1. The van der Waals surface area contributed by atoms with E-state index < -0.39 is 5.60 Å². The highest BCUT2D eigenvalue weighted by Crippen LogP contribution is 2.15. The van der Waals surface area contributed by atoms with E-state index in [1.807, 2.05) is 26.8 Å². The van der Waals surface area contributed by atoms with Crippen LogP contribution in [0.3, 0.4) is 0 Å². The Morgan fingerprint density at radius 3 is 2.88 bits per heavy atom. The van der Waals surface area contributed by atoms with Crippen LogP contribution in [0.5, 0.6) is 0 Å². The third-order valence-corrected chi connectivity index (χ3v) is 2.39. The molecule has 1 atom stereocenters. The Kier molecular flexibility index (Phi) is 4.35. The summed E-state index contributed by atoms with van der Waals surface area (Å²) in [6.07, 6.45) is 2.60. The van der Waals surface area contributed by atoms with Gasteiger partial charge in [0, 0.05) is 25.7 Å². The smallest absolute Gasteiger partial charge is 0.410 e. The van der Waals surface area contributed by atoms with Crippen LogP contribution in [0.4, 0.5) is 4.79 Å². The van der Waals surface area contributed by atoms with Gasteiger partial charge in [-0.15, -0.1) is 6.58 Å². The highest BCUT2D eigenvalue weighted by molar-refractivity contribution is 5.68. The van der Waals surface area contributed by atoms with E-state index in [9.17, 15) is 4.79 Å². The predicted molar refractivity (Wildman–Crippen MR) is 64.4 cm³/mol. The van der Waals surface area contributed by atoms with Gasteiger partial charge in [-0.2, -0.15) is 0 Å². The number of ether oxygens (including phenoxy) is 1. The van der Waals surface area contributed by atoms with Crippen LogP contribution in [0, 0.1) is 0 Å². The number of hydrogen-bond acceptors (Lipinski definition) is 3. The SMILES string of the molecule is C=CCN[C@@H]1CCN(C(=O)OC(C)(C)C)C1. The molecule has 0 radical (unpaired) electrons. The van der Waals surface area contributed by atoms with E-state index in [0.29, 0.717) is 6.04 Å². The molecular formula is C12H22N2O2. The maximum Gasteiger partial charge on any atom is 0.410 e. The molecule has 1 amide bonds. The lowest BCUT2D eigenvalue weighted by Gasteiger charge is -2.24. The summed E-state index contributed by atoms with van der Waals surface area (Å²) in [5.74, 6) is 0. The van der Waals surface area contributed by atoms with Gasteiger partial charge in [-0.25, -0.2) is 4.79 Å². The molecular weight excluding hydrogens is 204 g/mol. The van der Waals surface area contributed by atoms with E-state index in [1.54, 1.807) is 4.90 Å². The monoisotopic (exact) mass is 226 g/mol. The fraction of sp³-hybridized carbons (Fsp3) is 0.750. The standard InChI is InChI=1S/C12H22N2O2/c1-5-7-13-10-6-8-14(9-10)11(15)16-12(2,3)4/h5,10,13H,1,6-9H2,2-4H3/t10-/m1/s1. The van der Waals surface area contributed by atoms with E-state index in [4.69, 9.17) is 4.74 Å². The molecule has 0 aliphatic carbocycles. The molecule has 1 aliphatic rings. The zero-order valence-electron chi connectivity index (χ0n) is 10.5. The summed E-state index contributed by atoms with van der Waals surface area (Å²) in [7, 11) is 0. The first-order valence-electron chi connectivity index (χ1n) is 5.74. The zero-order valence-corrected chi connectivity index (χ0v) is 10.5. The van der Waals surface area contributed by atoms with Gasteiger partial charge in [-0.05, 0) is 27.2 Å². The molecule has 0 unspecified atom stereocenters. The van der Waals surface area contributed by atoms with Crippen molar-refractivity contribution < 1.29 is 9.53 Å². The first-order valence-corrected chi connectivity index (χ1v) is 5.74. The minimum atomic E-state index is -0.413. The van der Waals surface area contributed by atoms with Gasteiger partial charge in [-0.1, -0.05) is 6.08 Å². The van der Waals surface area contributed by atoms with Crippen molar-refractivity contribution in [2.24, 2.45) is 0 Å². The molecule has 0 saturated carbocycles. The number of likely N-dealkylation sites (tertiary alicyclic amines) is 1. The summed E-state index contributed by atoms with van der Waals surface area (Å²) in [5, 5.41) is 3.31. The van der Waals surface area contributed by atoms with E-state index in [1.165, 1.54) is 0 Å². The van der Waals surface area contributed by atoms with E-state index >= 15 is 0 Å². The van der Waals surface area contributed by atoms with Gasteiger partial charge in [0.1, 0.15) is 5.60 Å². The average Bonchev–Trinajstić information content (AvgIpc) is 2.60. The Hall–Kier alpha value is -1.03. The van der Waals surface area contributed by atoms with Gasteiger partial charge in [0.2, 0.25) is 0 Å². The van der Waals surface area contributed by atoms with Gasteiger partial charge in [-0.3, -0.25) is 0 Å². The molecule has 0 aromatic heterocycles. The van der Waals surface area contributed by atoms with Crippen molar-refractivity contribution in [1.29, 1.82) is 0 Å². The Morgan fingerprint density at radius 2 is 2.31 bits per heavy atom. The van der Waals surface area contributed by atoms with Gasteiger partial charge in [0.15, 0.2) is 0 Å². The molecule has 4 nitrogen and oxygen atoms in total. The maximum atomic E-state index is 11.7. The molecule has 92 valence electrons. The van der Waals surface area contributed by atoms with Crippen LogP contribution in [0.2, 0.25) is 0 Å². The third kappa shape index (κ3) is 4.23. The predicted octanol–water partition coefficient (Wildman–Crippen LogP) is 1.77. The number of rotatable bonds is 3. The molecule has 0 aromatic carbocycles.